The molecule has 2 aromatic carbocycles. The molecule has 2 amide bonds. The van der Waals surface area contributed by atoms with Gasteiger partial charge in [0.1, 0.15) is 5.75 Å². The number of nitrogens with one attached hydrogen (secondary N) is 2. The van der Waals surface area contributed by atoms with Gasteiger partial charge in [0.15, 0.2) is 0 Å². The van der Waals surface area contributed by atoms with Crippen LogP contribution in [0.4, 0.5) is 5.69 Å². The number of methoxy groups -OCH3 is 2. The van der Waals surface area contributed by atoms with E-state index in [1.165, 1.54) is 44.6 Å². The lowest BCUT2D eigenvalue weighted by Gasteiger charge is -2.18. The molecule has 3 rings (SSSR count). The van der Waals surface area contributed by atoms with Crippen LogP contribution in [-0.2, 0) is 14.8 Å². The van der Waals surface area contributed by atoms with Crippen LogP contribution < -0.4 is 14.8 Å². The van der Waals surface area contributed by atoms with E-state index in [1.54, 1.807) is 17.0 Å². The van der Waals surface area contributed by atoms with E-state index in [1.807, 2.05) is 0 Å². The number of nitrogens with zero attached hydrogens (tertiary/aromatic N) is 1. The van der Waals surface area contributed by atoms with Crippen molar-refractivity contribution in [3.63, 3.8) is 0 Å². The van der Waals surface area contributed by atoms with Crippen LogP contribution in [0, 0.1) is 0 Å². The highest BCUT2D eigenvalue weighted by Crippen LogP contribution is 2.27. The maximum atomic E-state index is 13.1. The highest BCUT2D eigenvalue weighted by atomic mass is 32.2. The predicted molar refractivity (Wildman–Crippen MR) is 120 cm³/mol. The molecule has 0 aromatic heterocycles. The largest absolute Gasteiger partial charge is 0.496 e. The number of para-hydroxylation sites is 1. The fourth-order valence-electron chi connectivity index (χ4n) is 3.45. The average molecular weight is 462 g/mol. The van der Waals surface area contributed by atoms with Gasteiger partial charge < -0.3 is 19.7 Å². The number of carbonyl (C=O) groups excluding carboxylic acids is 2. The van der Waals surface area contributed by atoms with Crippen LogP contribution in [0.2, 0.25) is 0 Å². The van der Waals surface area contributed by atoms with E-state index in [4.69, 9.17) is 9.47 Å². The standard InChI is InChI=1S/C22H27N3O6S/c1-30-14-11-23-21(26)17-7-3-4-8-19(17)24-32(28,29)16-9-10-20(31-2)18(15-16)22(27)25-12-5-6-13-25/h3-4,7-10,15,24H,5-6,11-14H2,1-2H3,(H,23,26). The second-order valence-electron chi connectivity index (χ2n) is 7.26. The first-order valence-corrected chi connectivity index (χ1v) is 11.7. The Labute approximate surface area is 187 Å². The quantitative estimate of drug-likeness (QED) is 0.553. The van der Waals surface area contributed by atoms with E-state index in [2.05, 4.69) is 10.0 Å². The molecule has 0 saturated carbocycles. The number of sulfonamides is 1. The summed E-state index contributed by atoms with van der Waals surface area (Å²) in [6, 6.07) is 10.4. The fraction of sp³-hybridized carbons (Fsp3) is 0.364. The molecule has 0 aliphatic carbocycles. The fourth-order valence-corrected chi connectivity index (χ4v) is 4.55. The number of benzene rings is 2. The number of hydrogen-bond acceptors (Lipinski definition) is 6. The van der Waals surface area contributed by atoms with Crippen LogP contribution in [0.1, 0.15) is 33.6 Å². The Morgan fingerprint density at radius 1 is 1.03 bits per heavy atom. The Kier molecular flexibility index (Phi) is 7.70. The molecule has 2 aromatic rings. The predicted octanol–water partition coefficient (Wildman–Crippen LogP) is 2.11. The Morgan fingerprint density at radius 2 is 1.75 bits per heavy atom. The van der Waals surface area contributed by atoms with Crippen molar-refractivity contribution >= 4 is 27.5 Å². The zero-order valence-electron chi connectivity index (χ0n) is 18.1. The normalized spacial score (nSPS) is 13.6. The number of rotatable bonds is 9. The molecule has 0 unspecified atom stereocenters. The molecule has 1 aliphatic heterocycles. The molecule has 1 aliphatic rings. The summed E-state index contributed by atoms with van der Waals surface area (Å²) in [7, 11) is -1.13. The Bertz CT molecular complexity index is 1080. The zero-order chi connectivity index (χ0) is 23.1. The molecule has 2 N–H and O–H groups in total. The summed E-state index contributed by atoms with van der Waals surface area (Å²) in [5, 5.41) is 2.67. The molecule has 1 saturated heterocycles. The van der Waals surface area contributed by atoms with Crippen molar-refractivity contribution in [2.24, 2.45) is 0 Å². The van der Waals surface area contributed by atoms with Crippen molar-refractivity contribution in [3.8, 4) is 5.75 Å². The molecule has 1 fully saturated rings. The van der Waals surface area contributed by atoms with E-state index in [-0.39, 0.29) is 34.2 Å². The maximum absolute atomic E-state index is 13.1. The van der Waals surface area contributed by atoms with Gasteiger partial charge >= 0.3 is 0 Å². The van der Waals surface area contributed by atoms with Crippen molar-refractivity contribution in [1.82, 2.24) is 10.2 Å². The summed E-state index contributed by atoms with van der Waals surface area (Å²) < 4.78 is 38.9. The molecule has 10 heteroatoms. The second-order valence-corrected chi connectivity index (χ2v) is 8.94. The van der Waals surface area contributed by atoms with Gasteiger partial charge in [-0.2, -0.15) is 0 Å². The molecular formula is C22H27N3O6S. The first-order valence-electron chi connectivity index (χ1n) is 10.2. The lowest BCUT2D eigenvalue weighted by atomic mass is 10.1. The Balaban J connectivity index is 1.88. The topological polar surface area (TPSA) is 114 Å². The minimum absolute atomic E-state index is 0.101. The molecule has 0 atom stereocenters. The first-order chi connectivity index (χ1) is 15.4. The average Bonchev–Trinajstić information content (AvgIpc) is 3.33. The van der Waals surface area contributed by atoms with Gasteiger partial charge in [0.05, 0.1) is 35.4 Å². The summed E-state index contributed by atoms with van der Waals surface area (Å²) in [5.74, 6) is -0.395. The third-order valence-corrected chi connectivity index (χ3v) is 6.48. The van der Waals surface area contributed by atoms with Crippen LogP contribution in [0.15, 0.2) is 47.4 Å². The van der Waals surface area contributed by atoms with Gasteiger partial charge in [-0.05, 0) is 43.2 Å². The Hall–Kier alpha value is -3.11. The van der Waals surface area contributed by atoms with E-state index < -0.39 is 15.9 Å². The van der Waals surface area contributed by atoms with Crippen LogP contribution in [0.3, 0.4) is 0 Å². The van der Waals surface area contributed by atoms with Crippen LogP contribution in [-0.4, -0.2) is 65.6 Å². The monoisotopic (exact) mass is 461 g/mol. The van der Waals surface area contributed by atoms with Gasteiger partial charge in [-0.3, -0.25) is 14.3 Å². The van der Waals surface area contributed by atoms with Gasteiger partial charge in [-0.15, -0.1) is 0 Å². The van der Waals surface area contributed by atoms with E-state index >= 15 is 0 Å². The number of carbonyl (C=O) groups is 2. The molecule has 9 nitrogen and oxygen atoms in total. The van der Waals surface area contributed by atoms with Crippen molar-refractivity contribution in [3.05, 3.63) is 53.6 Å². The second kappa shape index (κ2) is 10.5. The number of ether oxygens (including phenoxy) is 2. The molecule has 0 radical (unpaired) electrons. The molecule has 0 spiro atoms. The number of likely N-dealkylation sites (tertiary alicyclic amines) is 1. The molecule has 32 heavy (non-hydrogen) atoms. The molecule has 172 valence electrons. The highest BCUT2D eigenvalue weighted by Gasteiger charge is 2.26. The van der Waals surface area contributed by atoms with Crippen molar-refractivity contribution in [2.75, 3.05) is 45.2 Å². The summed E-state index contributed by atoms with van der Waals surface area (Å²) >= 11 is 0. The van der Waals surface area contributed by atoms with Crippen LogP contribution in [0.5, 0.6) is 5.75 Å². The summed E-state index contributed by atoms with van der Waals surface area (Å²) in [6.07, 6.45) is 1.83. The smallest absolute Gasteiger partial charge is 0.261 e. The van der Waals surface area contributed by atoms with E-state index in [9.17, 15) is 18.0 Å². The SMILES string of the molecule is COCCNC(=O)c1ccccc1NS(=O)(=O)c1ccc(OC)c(C(=O)N2CCCC2)c1. The number of hydrogen-bond donors (Lipinski definition) is 2. The summed E-state index contributed by atoms with van der Waals surface area (Å²) in [5.41, 5.74) is 0.488. The summed E-state index contributed by atoms with van der Waals surface area (Å²) in [4.78, 5) is 26.9. The van der Waals surface area contributed by atoms with E-state index in [0.29, 0.717) is 25.4 Å². The summed E-state index contributed by atoms with van der Waals surface area (Å²) in [6.45, 7) is 1.88. The van der Waals surface area contributed by atoms with Gasteiger partial charge in [0.2, 0.25) is 0 Å². The third kappa shape index (κ3) is 5.38. The van der Waals surface area contributed by atoms with Gasteiger partial charge in [0.25, 0.3) is 21.8 Å². The van der Waals surface area contributed by atoms with E-state index in [0.717, 1.165) is 12.8 Å². The zero-order valence-corrected chi connectivity index (χ0v) is 18.9. The molecular weight excluding hydrogens is 434 g/mol. The van der Waals surface area contributed by atoms with Crippen molar-refractivity contribution in [1.29, 1.82) is 0 Å². The Morgan fingerprint density at radius 3 is 2.44 bits per heavy atom. The van der Waals surface area contributed by atoms with Gasteiger partial charge in [-0.25, -0.2) is 8.42 Å². The van der Waals surface area contributed by atoms with Gasteiger partial charge in [-0.1, -0.05) is 12.1 Å². The first kappa shape index (κ1) is 23.6. The molecule has 1 heterocycles. The third-order valence-electron chi connectivity index (χ3n) is 5.11. The van der Waals surface area contributed by atoms with Crippen LogP contribution in [0.25, 0.3) is 0 Å². The minimum Gasteiger partial charge on any atom is -0.496 e. The van der Waals surface area contributed by atoms with Crippen molar-refractivity contribution < 1.29 is 27.5 Å². The van der Waals surface area contributed by atoms with Gasteiger partial charge in [0, 0.05) is 26.7 Å². The minimum atomic E-state index is -4.08. The molecule has 0 bridgehead atoms. The van der Waals surface area contributed by atoms with Crippen LogP contribution >= 0.6 is 0 Å². The lowest BCUT2D eigenvalue weighted by Crippen LogP contribution is -2.29. The van der Waals surface area contributed by atoms with Crippen molar-refractivity contribution in [2.45, 2.75) is 17.7 Å². The number of anilines is 1. The highest BCUT2D eigenvalue weighted by molar-refractivity contribution is 7.92. The lowest BCUT2D eigenvalue weighted by molar-refractivity contribution is 0.0789. The number of amides is 2. The maximum Gasteiger partial charge on any atom is 0.261 e.